The molecule has 0 aliphatic heterocycles. The van der Waals surface area contributed by atoms with Gasteiger partial charge in [0.2, 0.25) is 5.88 Å². The van der Waals surface area contributed by atoms with Crippen molar-refractivity contribution in [2.75, 3.05) is 0 Å². The molecule has 2 aromatic heterocycles. The second kappa shape index (κ2) is 8.25. The summed E-state index contributed by atoms with van der Waals surface area (Å²) in [7, 11) is 0. The van der Waals surface area contributed by atoms with Crippen molar-refractivity contribution in [3.63, 3.8) is 0 Å². The second-order valence-electron chi connectivity index (χ2n) is 7.04. The van der Waals surface area contributed by atoms with Crippen molar-refractivity contribution in [3.8, 4) is 17.1 Å². The highest BCUT2D eigenvalue weighted by molar-refractivity contribution is 6.00. The quantitative estimate of drug-likeness (QED) is 0.693. The summed E-state index contributed by atoms with van der Waals surface area (Å²) in [5, 5.41) is 6.98. The number of ether oxygens (including phenoxy) is 1. The van der Waals surface area contributed by atoms with Crippen LogP contribution in [0.4, 0.5) is 0 Å². The van der Waals surface area contributed by atoms with E-state index in [1.165, 1.54) is 12.8 Å². The molecule has 0 saturated heterocycles. The third-order valence-corrected chi connectivity index (χ3v) is 4.98. The molecular weight excluding hydrogens is 354 g/mol. The van der Waals surface area contributed by atoms with Crippen LogP contribution in [0.25, 0.3) is 11.3 Å². The van der Waals surface area contributed by atoms with Gasteiger partial charge in [0.25, 0.3) is 5.91 Å². The maximum atomic E-state index is 12.7. The van der Waals surface area contributed by atoms with Crippen molar-refractivity contribution in [1.82, 2.24) is 15.5 Å². The van der Waals surface area contributed by atoms with Crippen LogP contribution >= 0.6 is 0 Å². The van der Waals surface area contributed by atoms with Gasteiger partial charge in [-0.2, -0.15) is 0 Å². The highest BCUT2D eigenvalue weighted by atomic mass is 16.5. The van der Waals surface area contributed by atoms with Gasteiger partial charge in [0, 0.05) is 24.4 Å². The summed E-state index contributed by atoms with van der Waals surface area (Å²) in [6.45, 7) is 2.11. The zero-order chi connectivity index (χ0) is 19.3. The summed E-state index contributed by atoms with van der Waals surface area (Å²) in [5.74, 6) is 0.918. The highest BCUT2D eigenvalue weighted by Gasteiger charge is 2.21. The van der Waals surface area contributed by atoms with Crippen LogP contribution in [0.1, 0.15) is 47.4 Å². The van der Waals surface area contributed by atoms with Crippen LogP contribution < -0.4 is 10.1 Å². The molecule has 1 aromatic carbocycles. The van der Waals surface area contributed by atoms with Gasteiger partial charge in [-0.3, -0.25) is 4.79 Å². The summed E-state index contributed by atoms with van der Waals surface area (Å²) >= 11 is 0. The molecule has 1 amide bonds. The Hall–Kier alpha value is -3.15. The first-order valence-electron chi connectivity index (χ1n) is 9.62. The van der Waals surface area contributed by atoms with Gasteiger partial charge >= 0.3 is 0 Å². The second-order valence-corrected chi connectivity index (χ2v) is 7.04. The average molecular weight is 377 g/mol. The van der Waals surface area contributed by atoms with Crippen LogP contribution in [-0.2, 0) is 6.54 Å². The fourth-order valence-corrected chi connectivity index (χ4v) is 3.47. The third-order valence-electron chi connectivity index (χ3n) is 4.98. The topological polar surface area (TPSA) is 77.2 Å². The molecule has 3 aromatic rings. The first-order valence-corrected chi connectivity index (χ1v) is 9.62. The largest absolute Gasteiger partial charge is 0.474 e. The molecule has 1 aliphatic carbocycles. The monoisotopic (exact) mass is 377 g/mol. The Morgan fingerprint density at radius 2 is 1.96 bits per heavy atom. The molecule has 28 heavy (non-hydrogen) atoms. The lowest BCUT2D eigenvalue weighted by Crippen LogP contribution is -2.23. The molecule has 0 radical (unpaired) electrons. The first kappa shape index (κ1) is 18.2. The number of pyridine rings is 1. The highest BCUT2D eigenvalue weighted by Crippen LogP contribution is 2.25. The van der Waals surface area contributed by atoms with Gasteiger partial charge in [-0.25, -0.2) is 4.98 Å². The molecule has 6 nitrogen and oxygen atoms in total. The molecule has 0 unspecified atom stereocenters. The average Bonchev–Trinajstić information content (AvgIpc) is 3.37. The lowest BCUT2D eigenvalue weighted by Gasteiger charge is -2.12. The van der Waals surface area contributed by atoms with Crippen molar-refractivity contribution < 1.29 is 14.1 Å². The number of aryl methyl sites for hydroxylation is 1. The summed E-state index contributed by atoms with van der Waals surface area (Å²) in [5.41, 5.74) is 2.76. The number of carbonyl (C=O) groups is 1. The first-order chi connectivity index (χ1) is 13.7. The molecular formula is C22H23N3O3. The standard InChI is InChI=1S/C22H23N3O3/c1-15-20(21(25-28-15)17-7-3-2-4-8-17)22(26)24-14-16-11-12-19(23-13-16)27-18-9-5-6-10-18/h2-4,7-8,11-13,18H,5-6,9-10,14H2,1H3,(H,24,26). The Morgan fingerprint density at radius 1 is 1.18 bits per heavy atom. The fourth-order valence-electron chi connectivity index (χ4n) is 3.47. The van der Waals surface area contributed by atoms with Crippen molar-refractivity contribution >= 4 is 5.91 Å². The molecule has 2 heterocycles. The van der Waals surface area contributed by atoms with Crippen LogP contribution in [0.15, 0.2) is 53.2 Å². The van der Waals surface area contributed by atoms with Gasteiger partial charge in [0.15, 0.2) is 0 Å². The van der Waals surface area contributed by atoms with E-state index in [4.69, 9.17) is 9.26 Å². The van der Waals surface area contributed by atoms with Gasteiger partial charge in [0.1, 0.15) is 23.1 Å². The fraction of sp³-hybridized carbons (Fsp3) is 0.318. The molecule has 4 rings (SSSR count). The van der Waals surface area contributed by atoms with Crippen LogP contribution in [0.3, 0.4) is 0 Å². The summed E-state index contributed by atoms with van der Waals surface area (Å²) < 4.78 is 11.1. The molecule has 0 bridgehead atoms. The van der Waals surface area contributed by atoms with E-state index in [2.05, 4.69) is 15.5 Å². The summed E-state index contributed by atoms with van der Waals surface area (Å²) in [4.78, 5) is 17.1. The Bertz CT molecular complexity index is 929. The number of benzene rings is 1. The van der Waals surface area contributed by atoms with E-state index >= 15 is 0 Å². The summed E-state index contributed by atoms with van der Waals surface area (Å²) in [6.07, 6.45) is 6.67. The smallest absolute Gasteiger partial charge is 0.257 e. The predicted octanol–water partition coefficient (Wildman–Crippen LogP) is 4.30. The van der Waals surface area contributed by atoms with Crippen molar-refractivity contribution in [2.24, 2.45) is 0 Å². The van der Waals surface area contributed by atoms with Gasteiger partial charge in [0.05, 0.1) is 0 Å². The number of amides is 1. The van der Waals surface area contributed by atoms with Crippen LogP contribution in [0.5, 0.6) is 5.88 Å². The zero-order valence-corrected chi connectivity index (χ0v) is 15.9. The van der Waals surface area contributed by atoms with Gasteiger partial charge in [-0.05, 0) is 38.2 Å². The van der Waals surface area contributed by atoms with E-state index in [1.807, 2.05) is 42.5 Å². The molecule has 1 aliphatic rings. The third kappa shape index (κ3) is 4.06. The van der Waals surface area contributed by atoms with Crippen molar-refractivity contribution in [1.29, 1.82) is 0 Å². The predicted molar refractivity (Wildman–Crippen MR) is 105 cm³/mol. The van der Waals surface area contributed by atoms with Crippen LogP contribution in [0, 0.1) is 6.92 Å². The Balaban J connectivity index is 1.40. The molecule has 0 spiro atoms. The Morgan fingerprint density at radius 3 is 2.68 bits per heavy atom. The molecule has 6 heteroatoms. The van der Waals surface area contributed by atoms with Crippen molar-refractivity contribution in [2.45, 2.75) is 45.3 Å². The lowest BCUT2D eigenvalue weighted by molar-refractivity contribution is 0.0950. The van der Waals surface area contributed by atoms with Crippen molar-refractivity contribution in [3.05, 3.63) is 65.5 Å². The van der Waals surface area contributed by atoms with E-state index in [9.17, 15) is 4.79 Å². The number of aromatic nitrogens is 2. The zero-order valence-electron chi connectivity index (χ0n) is 15.9. The Labute approximate surface area is 163 Å². The number of rotatable bonds is 6. The number of carbonyl (C=O) groups excluding carboxylic acids is 1. The van der Waals surface area contributed by atoms with Gasteiger partial charge in [-0.1, -0.05) is 41.6 Å². The molecule has 1 N–H and O–H groups in total. The van der Waals surface area contributed by atoms with E-state index in [0.29, 0.717) is 29.4 Å². The van der Waals surface area contributed by atoms with E-state index in [0.717, 1.165) is 24.0 Å². The lowest BCUT2D eigenvalue weighted by atomic mass is 10.1. The number of nitrogens with one attached hydrogen (secondary N) is 1. The summed E-state index contributed by atoms with van der Waals surface area (Å²) in [6, 6.07) is 13.3. The van der Waals surface area contributed by atoms with E-state index < -0.39 is 0 Å². The number of hydrogen-bond donors (Lipinski definition) is 1. The molecule has 1 fully saturated rings. The maximum Gasteiger partial charge on any atom is 0.257 e. The normalized spacial score (nSPS) is 14.2. The minimum Gasteiger partial charge on any atom is -0.474 e. The number of hydrogen-bond acceptors (Lipinski definition) is 5. The number of nitrogens with zero attached hydrogens (tertiary/aromatic N) is 2. The van der Waals surface area contributed by atoms with Gasteiger partial charge in [-0.15, -0.1) is 0 Å². The molecule has 144 valence electrons. The van der Waals surface area contributed by atoms with Crippen LogP contribution in [-0.4, -0.2) is 22.2 Å². The SMILES string of the molecule is Cc1onc(-c2ccccc2)c1C(=O)NCc1ccc(OC2CCCC2)nc1. The Kier molecular flexibility index (Phi) is 5.37. The minimum absolute atomic E-state index is 0.219. The molecule has 0 atom stereocenters. The van der Waals surface area contributed by atoms with E-state index in [1.54, 1.807) is 13.1 Å². The van der Waals surface area contributed by atoms with Crippen LogP contribution in [0.2, 0.25) is 0 Å². The van der Waals surface area contributed by atoms with E-state index in [-0.39, 0.29) is 12.0 Å². The minimum atomic E-state index is -0.219. The van der Waals surface area contributed by atoms with Gasteiger partial charge < -0.3 is 14.6 Å². The molecule has 1 saturated carbocycles. The maximum absolute atomic E-state index is 12.7.